The van der Waals surface area contributed by atoms with Crippen LogP contribution < -0.4 is 16.0 Å². The van der Waals surface area contributed by atoms with E-state index in [2.05, 4.69) is 22.5 Å². The highest BCUT2D eigenvalue weighted by Gasteiger charge is 2.05. The number of nitrogens with one attached hydrogen (secondary N) is 3. The highest BCUT2D eigenvalue weighted by atomic mass is 32.1. The maximum absolute atomic E-state index is 12.0. The molecule has 0 fully saturated rings. The first-order valence-electron chi connectivity index (χ1n) is 6.81. The molecule has 2 aromatic rings. The molecular formula is C17H17N3OS. The van der Waals surface area contributed by atoms with E-state index in [0.29, 0.717) is 17.2 Å². The topological polar surface area (TPSA) is 53.2 Å². The summed E-state index contributed by atoms with van der Waals surface area (Å²) in [4.78, 5) is 12.0. The third kappa shape index (κ3) is 4.71. The molecular weight excluding hydrogens is 294 g/mol. The molecule has 0 saturated carbocycles. The Hall–Kier alpha value is -2.66. The lowest BCUT2D eigenvalue weighted by molar-refractivity contribution is 0.102. The smallest absolute Gasteiger partial charge is 0.255 e. The third-order valence-corrected chi connectivity index (χ3v) is 3.09. The van der Waals surface area contributed by atoms with E-state index in [1.807, 2.05) is 42.5 Å². The first kappa shape index (κ1) is 15.7. The number of benzene rings is 2. The van der Waals surface area contributed by atoms with E-state index < -0.39 is 0 Å². The molecule has 0 aliphatic carbocycles. The minimum Gasteiger partial charge on any atom is -0.359 e. The number of rotatable bonds is 5. The standard InChI is InChI=1S/C17H17N3OS/c1-2-12-18-17(22)20-15-10-8-14(9-11-15)19-16(21)13-6-4-3-5-7-13/h2-11H,1,12H2,(H,19,21)(H2,18,20,22). The van der Waals surface area contributed by atoms with Crippen LogP contribution in [0.4, 0.5) is 11.4 Å². The van der Waals surface area contributed by atoms with E-state index in [1.165, 1.54) is 0 Å². The molecule has 0 spiro atoms. The van der Waals surface area contributed by atoms with Crippen molar-refractivity contribution in [2.45, 2.75) is 0 Å². The van der Waals surface area contributed by atoms with Crippen molar-refractivity contribution in [2.75, 3.05) is 17.2 Å². The van der Waals surface area contributed by atoms with Gasteiger partial charge in [-0.2, -0.15) is 0 Å². The molecule has 3 N–H and O–H groups in total. The Balaban J connectivity index is 1.93. The molecule has 112 valence electrons. The zero-order chi connectivity index (χ0) is 15.8. The zero-order valence-electron chi connectivity index (χ0n) is 12.0. The van der Waals surface area contributed by atoms with Crippen LogP contribution >= 0.6 is 12.2 Å². The minimum atomic E-state index is -0.135. The molecule has 4 nitrogen and oxygen atoms in total. The van der Waals surface area contributed by atoms with Crippen molar-refractivity contribution in [1.29, 1.82) is 0 Å². The van der Waals surface area contributed by atoms with Crippen LogP contribution in [-0.4, -0.2) is 17.6 Å². The quantitative estimate of drug-likeness (QED) is 0.585. The fraction of sp³-hybridized carbons (Fsp3) is 0.0588. The van der Waals surface area contributed by atoms with Gasteiger partial charge in [-0.25, -0.2) is 0 Å². The van der Waals surface area contributed by atoms with Gasteiger partial charge in [0.2, 0.25) is 0 Å². The van der Waals surface area contributed by atoms with Crippen LogP contribution in [-0.2, 0) is 0 Å². The Kier molecular flexibility index (Phi) is 5.68. The van der Waals surface area contributed by atoms with E-state index in [1.54, 1.807) is 18.2 Å². The van der Waals surface area contributed by atoms with Gasteiger partial charge in [-0.1, -0.05) is 24.3 Å². The lowest BCUT2D eigenvalue weighted by Crippen LogP contribution is -2.28. The van der Waals surface area contributed by atoms with E-state index in [-0.39, 0.29) is 5.91 Å². The molecule has 0 saturated heterocycles. The molecule has 0 heterocycles. The zero-order valence-corrected chi connectivity index (χ0v) is 12.8. The maximum atomic E-state index is 12.0. The van der Waals surface area contributed by atoms with Crippen molar-refractivity contribution < 1.29 is 4.79 Å². The summed E-state index contributed by atoms with van der Waals surface area (Å²) >= 11 is 5.13. The first-order valence-corrected chi connectivity index (χ1v) is 7.22. The summed E-state index contributed by atoms with van der Waals surface area (Å²) in [5, 5.41) is 9.40. The largest absolute Gasteiger partial charge is 0.359 e. The monoisotopic (exact) mass is 311 g/mol. The molecule has 0 aliphatic rings. The van der Waals surface area contributed by atoms with Crippen LogP contribution in [0.25, 0.3) is 0 Å². The number of amides is 1. The van der Waals surface area contributed by atoms with Gasteiger partial charge in [-0.05, 0) is 48.6 Å². The highest BCUT2D eigenvalue weighted by molar-refractivity contribution is 7.80. The normalized spacial score (nSPS) is 9.64. The Morgan fingerprint density at radius 1 is 1.00 bits per heavy atom. The van der Waals surface area contributed by atoms with Crippen molar-refractivity contribution in [3.63, 3.8) is 0 Å². The number of thiocarbonyl (C=S) groups is 1. The number of hydrogen-bond donors (Lipinski definition) is 3. The van der Waals surface area contributed by atoms with Crippen LogP contribution in [0.15, 0.2) is 67.3 Å². The third-order valence-electron chi connectivity index (χ3n) is 2.84. The summed E-state index contributed by atoms with van der Waals surface area (Å²) < 4.78 is 0. The van der Waals surface area contributed by atoms with Crippen LogP contribution in [0, 0.1) is 0 Å². The Morgan fingerprint density at radius 3 is 2.18 bits per heavy atom. The van der Waals surface area contributed by atoms with Crippen LogP contribution in [0.5, 0.6) is 0 Å². The van der Waals surface area contributed by atoms with E-state index >= 15 is 0 Å². The molecule has 0 atom stereocenters. The Bertz CT molecular complexity index is 653. The highest BCUT2D eigenvalue weighted by Crippen LogP contribution is 2.14. The molecule has 5 heteroatoms. The van der Waals surface area contributed by atoms with Gasteiger partial charge in [-0.15, -0.1) is 6.58 Å². The van der Waals surface area contributed by atoms with Gasteiger partial charge in [0.05, 0.1) is 0 Å². The molecule has 0 aliphatic heterocycles. The SMILES string of the molecule is C=CCNC(=S)Nc1ccc(NC(=O)c2ccccc2)cc1. The van der Waals surface area contributed by atoms with Gasteiger partial charge in [-0.3, -0.25) is 4.79 Å². The molecule has 22 heavy (non-hydrogen) atoms. The number of anilines is 2. The van der Waals surface area contributed by atoms with Gasteiger partial charge in [0, 0.05) is 23.5 Å². The molecule has 1 amide bonds. The molecule has 0 bridgehead atoms. The van der Waals surface area contributed by atoms with Gasteiger partial charge in [0.25, 0.3) is 5.91 Å². The van der Waals surface area contributed by atoms with Crippen molar-refractivity contribution in [3.05, 3.63) is 72.8 Å². The van der Waals surface area contributed by atoms with Gasteiger partial charge in [0.1, 0.15) is 0 Å². The number of carbonyl (C=O) groups is 1. The number of carbonyl (C=O) groups excluding carboxylic acids is 1. The summed E-state index contributed by atoms with van der Waals surface area (Å²) in [6.45, 7) is 4.22. The Morgan fingerprint density at radius 2 is 1.59 bits per heavy atom. The molecule has 2 aromatic carbocycles. The van der Waals surface area contributed by atoms with Crippen LogP contribution in [0.2, 0.25) is 0 Å². The van der Waals surface area contributed by atoms with Crippen LogP contribution in [0.3, 0.4) is 0 Å². The number of hydrogen-bond acceptors (Lipinski definition) is 2. The van der Waals surface area contributed by atoms with Crippen molar-refractivity contribution >= 4 is 34.6 Å². The second-order valence-electron chi connectivity index (χ2n) is 4.52. The molecule has 0 aromatic heterocycles. The fourth-order valence-electron chi connectivity index (χ4n) is 1.77. The predicted molar refractivity (Wildman–Crippen MR) is 95.3 cm³/mol. The summed E-state index contributed by atoms with van der Waals surface area (Å²) in [6, 6.07) is 16.4. The van der Waals surface area contributed by atoms with Gasteiger partial charge in [0.15, 0.2) is 5.11 Å². The second-order valence-corrected chi connectivity index (χ2v) is 4.93. The molecule has 0 radical (unpaired) electrons. The maximum Gasteiger partial charge on any atom is 0.255 e. The van der Waals surface area contributed by atoms with Crippen molar-refractivity contribution in [2.24, 2.45) is 0 Å². The summed E-state index contributed by atoms with van der Waals surface area (Å²) in [6.07, 6.45) is 1.73. The predicted octanol–water partition coefficient (Wildman–Crippen LogP) is 3.41. The van der Waals surface area contributed by atoms with Crippen LogP contribution in [0.1, 0.15) is 10.4 Å². The fourth-order valence-corrected chi connectivity index (χ4v) is 1.97. The summed E-state index contributed by atoms with van der Waals surface area (Å²) in [7, 11) is 0. The van der Waals surface area contributed by atoms with Gasteiger partial charge < -0.3 is 16.0 Å². The van der Waals surface area contributed by atoms with Gasteiger partial charge >= 0.3 is 0 Å². The lowest BCUT2D eigenvalue weighted by atomic mass is 10.2. The Labute approximate surface area is 135 Å². The lowest BCUT2D eigenvalue weighted by Gasteiger charge is -2.10. The second kappa shape index (κ2) is 7.95. The summed E-state index contributed by atoms with van der Waals surface area (Å²) in [5.41, 5.74) is 2.20. The van der Waals surface area contributed by atoms with E-state index in [0.717, 1.165) is 11.4 Å². The average Bonchev–Trinajstić information content (AvgIpc) is 2.55. The van der Waals surface area contributed by atoms with Crippen molar-refractivity contribution in [3.8, 4) is 0 Å². The van der Waals surface area contributed by atoms with Crippen molar-refractivity contribution in [1.82, 2.24) is 5.32 Å². The van der Waals surface area contributed by atoms with E-state index in [4.69, 9.17) is 12.2 Å². The summed E-state index contributed by atoms with van der Waals surface area (Å²) in [5.74, 6) is -0.135. The van der Waals surface area contributed by atoms with E-state index in [9.17, 15) is 4.79 Å². The average molecular weight is 311 g/mol. The first-order chi connectivity index (χ1) is 10.7. The molecule has 2 rings (SSSR count). The minimum absolute atomic E-state index is 0.135. The molecule has 0 unspecified atom stereocenters.